The molecule has 5 heteroatoms. The van der Waals surface area contributed by atoms with Crippen LogP contribution in [-0.2, 0) is 0 Å². The van der Waals surface area contributed by atoms with Gasteiger partial charge >= 0.3 is 0 Å². The molecular formula is C20H28N4O. The zero-order chi connectivity index (χ0) is 17.5. The summed E-state index contributed by atoms with van der Waals surface area (Å²) in [5, 5.41) is 7.28. The fourth-order valence-corrected chi connectivity index (χ4v) is 3.50. The number of piperidine rings is 1. The van der Waals surface area contributed by atoms with Crippen LogP contribution in [0.1, 0.15) is 49.4 Å². The first-order chi connectivity index (χ1) is 12.3. The van der Waals surface area contributed by atoms with Crippen molar-refractivity contribution in [3.63, 3.8) is 0 Å². The number of nitrogens with one attached hydrogen (secondary N) is 1. The predicted octanol–water partition coefficient (Wildman–Crippen LogP) is 3.26. The number of rotatable bonds is 7. The van der Waals surface area contributed by atoms with Gasteiger partial charge in [-0.2, -0.15) is 5.10 Å². The minimum Gasteiger partial charge on any atom is -0.352 e. The molecular weight excluding hydrogens is 312 g/mol. The van der Waals surface area contributed by atoms with Crippen LogP contribution >= 0.6 is 0 Å². The molecule has 1 aliphatic rings. The summed E-state index contributed by atoms with van der Waals surface area (Å²) < 4.78 is 1.73. The Labute approximate surface area is 150 Å². The van der Waals surface area contributed by atoms with Crippen LogP contribution in [0, 0.1) is 0 Å². The third-order valence-corrected chi connectivity index (χ3v) is 5.00. The maximum absolute atomic E-state index is 12.5. The lowest BCUT2D eigenvalue weighted by molar-refractivity contribution is 0.0951. The van der Waals surface area contributed by atoms with Gasteiger partial charge in [-0.15, -0.1) is 0 Å². The van der Waals surface area contributed by atoms with Crippen LogP contribution in [0.5, 0.6) is 0 Å². The molecule has 25 heavy (non-hydrogen) atoms. The Hall–Kier alpha value is -2.14. The van der Waals surface area contributed by atoms with Crippen molar-refractivity contribution >= 4 is 5.91 Å². The lowest BCUT2D eigenvalue weighted by Crippen LogP contribution is -2.38. The van der Waals surface area contributed by atoms with Gasteiger partial charge in [0.25, 0.3) is 5.91 Å². The van der Waals surface area contributed by atoms with Crippen LogP contribution < -0.4 is 5.32 Å². The second-order valence-electron chi connectivity index (χ2n) is 6.81. The van der Waals surface area contributed by atoms with Gasteiger partial charge in [0, 0.05) is 25.0 Å². The summed E-state index contributed by atoms with van der Waals surface area (Å²) in [6.45, 7) is 5.41. The van der Waals surface area contributed by atoms with E-state index in [1.54, 1.807) is 10.9 Å². The van der Waals surface area contributed by atoms with Crippen LogP contribution in [0.4, 0.5) is 0 Å². The lowest BCUT2D eigenvalue weighted by atomic mass is 10.0. The Morgan fingerprint density at radius 1 is 1.24 bits per heavy atom. The molecule has 1 aliphatic heterocycles. The molecule has 1 fully saturated rings. The molecule has 1 N–H and O–H groups in total. The van der Waals surface area contributed by atoms with Crippen LogP contribution in [0.25, 0.3) is 5.69 Å². The van der Waals surface area contributed by atoms with Gasteiger partial charge in [-0.05, 0) is 63.9 Å². The van der Waals surface area contributed by atoms with Gasteiger partial charge in [0.1, 0.15) is 0 Å². The molecule has 0 spiro atoms. The van der Waals surface area contributed by atoms with Crippen molar-refractivity contribution in [1.29, 1.82) is 0 Å². The van der Waals surface area contributed by atoms with Crippen LogP contribution in [-0.4, -0.2) is 46.3 Å². The lowest BCUT2D eigenvalue weighted by Gasteiger charge is -2.33. The number of benzene rings is 1. The highest BCUT2D eigenvalue weighted by molar-refractivity contribution is 5.97. The van der Waals surface area contributed by atoms with Crippen molar-refractivity contribution < 1.29 is 4.79 Å². The smallest absolute Gasteiger partial charge is 0.253 e. The van der Waals surface area contributed by atoms with E-state index in [2.05, 4.69) is 22.2 Å². The quantitative estimate of drug-likeness (QED) is 0.787. The first-order valence-corrected chi connectivity index (χ1v) is 9.37. The number of hydrogen-bond donors (Lipinski definition) is 1. The Morgan fingerprint density at radius 2 is 2.12 bits per heavy atom. The van der Waals surface area contributed by atoms with Gasteiger partial charge in [0.2, 0.25) is 0 Å². The number of nitrogens with zero attached hydrogens (tertiary/aromatic N) is 3. The van der Waals surface area contributed by atoms with E-state index in [1.165, 1.54) is 25.8 Å². The molecule has 0 radical (unpaired) electrons. The maximum Gasteiger partial charge on any atom is 0.253 e. The highest BCUT2D eigenvalue weighted by Crippen LogP contribution is 2.17. The third kappa shape index (κ3) is 4.69. The summed E-state index contributed by atoms with van der Waals surface area (Å²) in [6.07, 6.45) is 9.72. The van der Waals surface area contributed by atoms with Crippen molar-refractivity contribution in [2.24, 2.45) is 0 Å². The Balaban J connectivity index is 1.46. The Kier molecular flexibility index (Phi) is 6.23. The molecule has 1 saturated heterocycles. The Morgan fingerprint density at radius 3 is 2.92 bits per heavy atom. The van der Waals surface area contributed by atoms with Gasteiger partial charge in [-0.3, -0.25) is 4.79 Å². The molecule has 1 aromatic carbocycles. The van der Waals surface area contributed by atoms with Crippen molar-refractivity contribution in [3.05, 3.63) is 48.3 Å². The zero-order valence-corrected chi connectivity index (χ0v) is 15.0. The summed E-state index contributed by atoms with van der Waals surface area (Å²) in [7, 11) is 0. The van der Waals surface area contributed by atoms with Gasteiger partial charge in [0.15, 0.2) is 0 Å². The van der Waals surface area contributed by atoms with Crippen LogP contribution in [0.15, 0.2) is 42.7 Å². The fourth-order valence-electron chi connectivity index (χ4n) is 3.50. The first-order valence-electron chi connectivity index (χ1n) is 9.37. The molecule has 0 unspecified atom stereocenters. The second-order valence-corrected chi connectivity index (χ2v) is 6.81. The molecule has 1 atom stereocenters. The number of amides is 1. The van der Waals surface area contributed by atoms with Gasteiger partial charge in [0.05, 0.1) is 11.3 Å². The van der Waals surface area contributed by atoms with Crippen molar-refractivity contribution in [1.82, 2.24) is 20.0 Å². The second kappa shape index (κ2) is 8.81. The third-order valence-electron chi connectivity index (χ3n) is 5.00. The van der Waals surface area contributed by atoms with E-state index in [0.717, 1.165) is 25.1 Å². The summed E-state index contributed by atoms with van der Waals surface area (Å²) in [5.74, 6) is -0.0301. The predicted molar refractivity (Wildman–Crippen MR) is 100 cm³/mol. The summed E-state index contributed by atoms with van der Waals surface area (Å²) >= 11 is 0. The number of carbonyl (C=O) groups is 1. The summed E-state index contributed by atoms with van der Waals surface area (Å²) in [4.78, 5) is 15.1. The number of para-hydroxylation sites is 1. The molecule has 0 bridgehead atoms. The van der Waals surface area contributed by atoms with Crippen molar-refractivity contribution in [2.45, 2.75) is 45.1 Å². The van der Waals surface area contributed by atoms with E-state index in [1.807, 2.05) is 36.5 Å². The van der Waals surface area contributed by atoms with Crippen LogP contribution in [0.3, 0.4) is 0 Å². The standard InChI is InChI=1S/C20H28N4O/c1-17-9-4-6-14-23(17)15-7-5-12-21-20(25)18-10-2-3-11-19(18)24-16-8-13-22-24/h2-3,8,10-11,13,16-17H,4-7,9,12,14-15H2,1H3,(H,21,25)/t17-/m1/s1. The van der Waals surface area contributed by atoms with Gasteiger partial charge in [-0.25, -0.2) is 4.68 Å². The van der Waals surface area contributed by atoms with E-state index in [9.17, 15) is 4.79 Å². The Bertz CT molecular complexity index is 668. The van der Waals surface area contributed by atoms with Gasteiger partial charge in [-0.1, -0.05) is 18.6 Å². The maximum atomic E-state index is 12.5. The van der Waals surface area contributed by atoms with Crippen molar-refractivity contribution in [3.8, 4) is 5.69 Å². The normalized spacial score (nSPS) is 18.2. The average molecular weight is 340 g/mol. The zero-order valence-electron chi connectivity index (χ0n) is 15.0. The highest BCUT2D eigenvalue weighted by Gasteiger charge is 2.17. The first kappa shape index (κ1) is 17.7. The van der Waals surface area contributed by atoms with E-state index >= 15 is 0 Å². The van der Waals surface area contributed by atoms with Crippen LogP contribution in [0.2, 0.25) is 0 Å². The number of unbranched alkanes of at least 4 members (excludes halogenated alkanes) is 1. The summed E-state index contributed by atoms with van der Waals surface area (Å²) in [5.41, 5.74) is 1.47. The molecule has 5 nitrogen and oxygen atoms in total. The number of hydrogen-bond acceptors (Lipinski definition) is 3. The molecule has 2 heterocycles. The topological polar surface area (TPSA) is 50.2 Å². The van der Waals surface area contributed by atoms with E-state index in [-0.39, 0.29) is 5.91 Å². The fraction of sp³-hybridized carbons (Fsp3) is 0.500. The van der Waals surface area contributed by atoms with Crippen molar-refractivity contribution in [2.75, 3.05) is 19.6 Å². The largest absolute Gasteiger partial charge is 0.352 e. The monoisotopic (exact) mass is 340 g/mol. The summed E-state index contributed by atoms with van der Waals surface area (Å²) in [6, 6.07) is 10.1. The highest BCUT2D eigenvalue weighted by atomic mass is 16.1. The molecule has 1 aromatic heterocycles. The number of carbonyl (C=O) groups excluding carboxylic acids is 1. The molecule has 0 saturated carbocycles. The molecule has 3 rings (SSSR count). The molecule has 134 valence electrons. The number of likely N-dealkylation sites (tertiary alicyclic amines) is 1. The minimum absolute atomic E-state index is 0.0301. The minimum atomic E-state index is -0.0301. The van der Waals surface area contributed by atoms with E-state index in [4.69, 9.17) is 0 Å². The van der Waals surface area contributed by atoms with Gasteiger partial charge < -0.3 is 10.2 Å². The SMILES string of the molecule is C[C@@H]1CCCCN1CCCCNC(=O)c1ccccc1-n1cccn1. The molecule has 2 aromatic rings. The number of aromatic nitrogens is 2. The average Bonchev–Trinajstić information content (AvgIpc) is 3.17. The molecule has 0 aliphatic carbocycles. The van der Waals surface area contributed by atoms with E-state index < -0.39 is 0 Å². The molecule has 1 amide bonds. The van der Waals surface area contributed by atoms with E-state index in [0.29, 0.717) is 18.2 Å².